The Hall–Kier alpha value is -4.26. The number of hydrogen-bond acceptors (Lipinski definition) is 5. The second-order valence-electron chi connectivity index (χ2n) is 9.05. The van der Waals surface area contributed by atoms with Crippen LogP contribution in [0.3, 0.4) is 0 Å². The molecule has 0 radical (unpaired) electrons. The Morgan fingerprint density at radius 3 is 2.30 bits per heavy atom. The minimum absolute atomic E-state index is 0.0830. The summed E-state index contributed by atoms with van der Waals surface area (Å²) in [6.07, 6.45) is 2.05. The van der Waals surface area contributed by atoms with Crippen LogP contribution in [0.2, 0.25) is 0 Å². The van der Waals surface area contributed by atoms with E-state index in [0.29, 0.717) is 18.8 Å². The first kappa shape index (κ1) is 24.4. The normalized spacial score (nSPS) is 14.5. The van der Waals surface area contributed by atoms with Gasteiger partial charge in [0, 0.05) is 17.7 Å². The summed E-state index contributed by atoms with van der Waals surface area (Å²) in [5.74, 6) is 2.26. The smallest absolute Gasteiger partial charge is 0.273 e. The fraction of sp³-hybridized carbons (Fsp3) is 0.267. The van der Waals surface area contributed by atoms with E-state index in [1.807, 2.05) is 77.7 Å². The summed E-state index contributed by atoms with van der Waals surface area (Å²) in [6.45, 7) is 3.24. The average Bonchev–Trinajstić information content (AvgIpc) is 3.48. The van der Waals surface area contributed by atoms with Crippen molar-refractivity contribution in [1.82, 2.24) is 15.1 Å². The molecule has 7 nitrogen and oxygen atoms in total. The molecule has 0 fully saturated rings. The summed E-state index contributed by atoms with van der Waals surface area (Å²) >= 11 is 0. The van der Waals surface area contributed by atoms with Gasteiger partial charge >= 0.3 is 0 Å². The van der Waals surface area contributed by atoms with E-state index in [1.165, 1.54) is 0 Å². The number of ether oxygens (including phenoxy) is 3. The average molecular weight is 498 g/mol. The number of aromatic nitrogens is 2. The highest BCUT2D eigenvalue weighted by Gasteiger charge is 2.42. The Bertz CT molecular complexity index is 1360. The van der Waals surface area contributed by atoms with Crippen molar-refractivity contribution in [2.75, 3.05) is 20.8 Å². The number of hydrogen-bond donors (Lipinski definition) is 1. The van der Waals surface area contributed by atoms with Crippen molar-refractivity contribution < 1.29 is 19.0 Å². The minimum Gasteiger partial charge on any atom is -0.497 e. The van der Waals surface area contributed by atoms with E-state index < -0.39 is 0 Å². The number of benzene rings is 3. The molecule has 3 aromatic carbocycles. The zero-order valence-electron chi connectivity index (χ0n) is 21.4. The number of unbranched alkanes of at least 4 members (excludes halogenated alkanes) is 1. The van der Waals surface area contributed by atoms with E-state index in [4.69, 9.17) is 14.2 Å². The quantitative estimate of drug-likeness (QED) is 0.271. The van der Waals surface area contributed by atoms with Crippen LogP contribution >= 0.6 is 0 Å². The number of nitrogens with zero attached hydrogens (tertiary/aromatic N) is 2. The minimum atomic E-state index is -0.324. The van der Waals surface area contributed by atoms with Crippen LogP contribution in [0.1, 0.15) is 53.0 Å². The predicted molar refractivity (Wildman–Crippen MR) is 142 cm³/mol. The summed E-state index contributed by atoms with van der Waals surface area (Å²) < 4.78 is 16.6. The van der Waals surface area contributed by atoms with Crippen LogP contribution in [-0.2, 0) is 6.54 Å². The van der Waals surface area contributed by atoms with Gasteiger partial charge in [0.05, 0.1) is 32.6 Å². The van der Waals surface area contributed by atoms with Crippen LogP contribution in [0.25, 0.3) is 11.3 Å². The van der Waals surface area contributed by atoms with Gasteiger partial charge in [0.1, 0.15) is 22.9 Å². The standard InChI is InChI=1S/C30H31N3O4/c1-4-5-17-37-25-8-6-7-22(18-25)29-26-27(21-11-15-24(36-3)16-12-21)31-32-28(26)30(34)33(29)19-20-9-13-23(35-2)14-10-20/h6-16,18,29H,4-5,17,19H2,1-3H3,(H,31,32). The molecule has 0 saturated heterocycles. The molecule has 2 heterocycles. The van der Waals surface area contributed by atoms with Gasteiger partial charge in [-0.15, -0.1) is 0 Å². The molecule has 0 spiro atoms. The van der Waals surface area contributed by atoms with Crippen molar-refractivity contribution in [2.45, 2.75) is 32.4 Å². The first-order valence-corrected chi connectivity index (χ1v) is 12.5. The third-order valence-corrected chi connectivity index (χ3v) is 6.68. The lowest BCUT2D eigenvalue weighted by atomic mass is 9.95. The number of aromatic amines is 1. The van der Waals surface area contributed by atoms with Gasteiger partial charge in [-0.3, -0.25) is 9.89 Å². The Labute approximate surface area is 217 Å². The van der Waals surface area contributed by atoms with Crippen LogP contribution < -0.4 is 14.2 Å². The van der Waals surface area contributed by atoms with Gasteiger partial charge in [-0.05, 0) is 66.1 Å². The maximum atomic E-state index is 13.7. The Morgan fingerprint density at radius 2 is 1.62 bits per heavy atom. The van der Waals surface area contributed by atoms with Crippen molar-refractivity contribution in [2.24, 2.45) is 0 Å². The molecule has 0 bridgehead atoms. The number of amides is 1. The second kappa shape index (κ2) is 10.8. The van der Waals surface area contributed by atoms with Gasteiger partial charge in [0.15, 0.2) is 0 Å². The highest BCUT2D eigenvalue weighted by molar-refractivity contribution is 6.00. The van der Waals surface area contributed by atoms with Gasteiger partial charge < -0.3 is 19.1 Å². The Morgan fingerprint density at radius 1 is 0.919 bits per heavy atom. The van der Waals surface area contributed by atoms with Crippen LogP contribution in [0.4, 0.5) is 0 Å². The Kier molecular flexibility index (Phi) is 7.12. The summed E-state index contributed by atoms with van der Waals surface area (Å²) in [7, 11) is 3.29. The lowest BCUT2D eigenvalue weighted by molar-refractivity contribution is 0.0730. The van der Waals surface area contributed by atoms with Crippen LogP contribution in [-0.4, -0.2) is 41.8 Å². The van der Waals surface area contributed by atoms with Crippen molar-refractivity contribution in [3.8, 4) is 28.5 Å². The summed E-state index contributed by atoms with van der Waals surface area (Å²) in [5.41, 5.74) is 5.05. The van der Waals surface area contributed by atoms with Gasteiger partial charge in [-0.1, -0.05) is 37.6 Å². The number of carbonyl (C=O) groups excluding carboxylic acids is 1. The molecule has 1 aliphatic heterocycles. The lowest BCUT2D eigenvalue weighted by Gasteiger charge is -2.27. The molecular formula is C30H31N3O4. The first-order chi connectivity index (χ1) is 18.1. The SMILES string of the molecule is CCCCOc1cccc(C2c3c(-c4ccc(OC)cc4)n[nH]c3C(=O)N2Cc2ccc(OC)cc2)c1. The molecule has 1 aromatic heterocycles. The zero-order valence-corrected chi connectivity index (χ0v) is 21.4. The second-order valence-corrected chi connectivity index (χ2v) is 9.05. The number of carbonyl (C=O) groups is 1. The van der Waals surface area contributed by atoms with E-state index in [1.54, 1.807) is 14.2 Å². The number of methoxy groups -OCH3 is 2. The van der Waals surface area contributed by atoms with Crippen molar-refractivity contribution in [1.29, 1.82) is 0 Å². The molecule has 1 amide bonds. The van der Waals surface area contributed by atoms with Crippen molar-refractivity contribution >= 4 is 5.91 Å². The van der Waals surface area contributed by atoms with Gasteiger partial charge in [0.2, 0.25) is 0 Å². The van der Waals surface area contributed by atoms with Crippen molar-refractivity contribution in [3.63, 3.8) is 0 Å². The van der Waals surface area contributed by atoms with Crippen LogP contribution in [0.5, 0.6) is 17.2 Å². The van der Waals surface area contributed by atoms with Gasteiger partial charge in [-0.2, -0.15) is 5.10 Å². The molecule has 0 aliphatic carbocycles. The molecule has 1 atom stereocenters. The zero-order chi connectivity index (χ0) is 25.8. The lowest BCUT2D eigenvalue weighted by Crippen LogP contribution is -2.29. The molecule has 37 heavy (non-hydrogen) atoms. The van der Waals surface area contributed by atoms with Crippen LogP contribution in [0.15, 0.2) is 72.8 Å². The van der Waals surface area contributed by atoms with E-state index in [9.17, 15) is 4.79 Å². The van der Waals surface area contributed by atoms with E-state index in [0.717, 1.165) is 58.0 Å². The van der Waals surface area contributed by atoms with E-state index in [2.05, 4.69) is 17.1 Å². The topological polar surface area (TPSA) is 76.7 Å². The molecule has 1 aliphatic rings. The van der Waals surface area contributed by atoms with Crippen LogP contribution in [0, 0.1) is 0 Å². The van der Waals surface area contributed by atoms with Gasteiger partial charge in [-0.25, -0.2) is 0 Å². The third kappa shape index (κ3) is 4.89. The summed E-state index contributed by atoms with van der Waals surface area (Å²) in [5, 5.41) is 7.61. The molecule has 4 aromatic rings. The monoisotopic (exact) mass is 497 g/mol. The maximum Gasteiger partial charge on any atom is 0.273 e. The molecule has 190 valence electrons. The molecule has 1 unspecified atom stereocenters. The molecule has 5 rings (SSSR count). The first-order valence-electron chi connectivity index (χ1n) is 12.5. The molecular weight excluding hydrogens is 466 g/mol. The molecule has 0 saturated carbocycles. The van der Waals surface area contributed by atoms with E-state index in [-0.39, 0.29) is 11.9 Å². The summed E-state index contributed by atoms with van der Waals surface area (Å²) in [4.78, 5) is 15.6. The highest BCUT2D eigenvalue weighted by Crippen LogP contribution is 2.44. The number of nitrogens with one attached hydrogen (secondary N) is 1. The Balaban J connectivity index is 1.56. The van der Waals surface area contributed by atoms with Crippen molar-refractivity contribution in [3.05, 3.63) is 95.2 Å². The largest absolute Gasteiger partial charge is 0.497 e. The van der Waals surface area contributed by atoms with Gasteiger partial charge in [0.25, 0.3) is 5.91 Å². The number of H-pyrrole nitrogens is 1. The number of fused-ring (bicyclic) bond motifs is 1. The molecule has 1 N–H and O–H groups in total. The highest BCUT2D eigenvalue weighted by atomic mass is 16.5. The summed E-state index contributed by atoms with van der Waals surface area (Å²) in [6, 6.07) is 23.2. The number of rotatable bonds is 10. The maximum absolute atomic E-state index is 13.7. The predicted octanol–water partition coefficient (Wildman–Crippen LogP) is 6.02. The third-order valence-electron chi connectivity index (χ3n) is 6.68. The van der Waals surface area contributed by atoms with E-state index >= 15 is 0 Å². The fourth-order valence-electron chi connectivity index (χ4n) is 4.71. The molecule has 7 heteroatoms. The fourth-order valence-corrected chi connectivity index (χ4v) is 4.71.